The van der Waals surface area contributed by atoms with E-state index >= 15 is 0 Å². The first-order chi connectivity index (χ1) is 11.5. The van der Waals surface area contributed by atoms with E-state index in [0.29, 0.717) is 33.8 Å². The Morgan fingerprint density at radius 1 is 1.00 bits per heavy atom. The number of aryl methyl sites for hydroxylation is 1. The molecule has 24 heavy (non-hydrogen) atoms. The maximum absolute atomic E-state index is 12.9. The van der Waals surface area contributed by atoms with Crippen LogP contribution in [0.1, 0.15) is 10.4 Å². The number of nitrogens with zero attached hydrogens (tertiary/aromatic N) is 2. The number of nitrogens with two attached hydrogens (primary N) is 1. The predicted molar refractivity (Wildman–Crippen MR) is 90.9 cm³/mol. The standard InChI is InChI=1S/C17H17N3O4/c1-19-12-6-5-11(18)9-13(12)20(17(19)22)16(21)10-4-7-14(23-2)15(8-10)24-3/h4-9H,18H2,1-3H3. The Balaban J connectivity index is 2.21. The number of rotatable bonds is 3. The summed E-state index contributed by atoms with van der Waals surface area (Å²) in [5.74, 6) is 0.455. The zero-order chi connectivity index (χ0) is 17.4. The van der Waals surface area contributed by atoms with Gasteiger partial charge in [-0.15, -0.1) is 0 Å². The van der Waals surface area contributed by atoms with Crippen molar-refractivity contribution in [3.05, 3.63) is 52.4 Å². The molecule has 0 aliphatic rings. The zero-order valence-corrected chi connectivity index (χ0v) is 13.6. The molecule has 0 saturated carbocycles. The number of hydrogen-bond donors (Lipinski definition) is 1. The SMILES string of the molecule is COc1ccc(C(=O)n2c(=O)n(C)c3ccc(N)cc32)cc1OC. The van der Waals surface area contributed by atoms with Gasteiger partial charge in [-0.3, -0.25) is 9.36 Å². The van der Waals surface area contributed by atoms with Gasteiger partial charge in [0.1, 0.15) is 0 Å². The lowest BCUT2D eigenvalue weighted by atomic mass is 10.2. The average Bonchev–Trinajstić information content (AvgIpc) is 2.84. The molecule has 0 spiro atoms. The highest BCUT2D eigenvalue weighted by molar-refractivity contribution is 6.02. The number of fused-ring (bicyclic) bond motifs is 1. The van der Waals surface area contributed by atoms with Crippen molar-refractivity contribution in [3.8, 4) is 11.5 Å². The molecule has 3 aromatic rings. The number of ether oxygens (including phenoxy) is 2. The lowest BCUT2D eigenvalue weighted by Crippen LogP contribution is -2.28. The minimum atomic E-state index is -0.461. The number of nitrogen functional groups attached to an aromatic ring is 1. The van der Waals surface area contributed by atoms with Gasteiger partial charge in [0.15, 0.2) is 11.5 Å². The van der Waals surface area contributed by atoms with E-state index in [4.69, 9.17) is 15.2 Å². The minimum Gasteiger partial charge on any atom is -0.493 e. The van der Waals surface area contributed by atoms with Crippen molar-refractivity contribution in [3.63, 3.8) is 0 Å². The van der Waals surface area contributed by atoms with Gasteiger partial charge in [0.05, 0.1) is 25.3 Å². The van der Waals surface area contributed by atoms with E-state index in [2.05, 4.69) is 0 Å². The Kier molecular flexibility index (Phi) is 3.76. The third kappa shape index (κ3) is 2.30. The van der Waals surface area contributed by atoms with Crippen molar-refractivity contribution >= 4 is 22.6 Å². The molecule has 2 N–H and O–H groups in total. The highest BCUT2D eigenvalue weighted by Gasteiger charge is 2.19. The number of anilines is 1. The Morgan fingerprint density at radius 3 is 2.38 bits per heavy atom. The average molecular weight is 327 g/mol. The van der Waals surface area contributed by atoms with Gasteiger partial charge in [-0.05, 0) is 36.4 Å². The van der Waals surface area contributed by atoms with Gasteiger partial charge in [-0.2, -0.15) is 0 Å². The van der Waals surface area contributed by atoms with E-state index in [1.807, 2.05) is 0 Å². The monoisotopic (exact) mass is 327 g/mol. The number of hydrogen-bond acceptors (Lipinski definition) is 5. The quantitative estimate of drug-likeness (QED) is 0.739. The molecule has 124 valence electrons. The van der Waals surface area contributed by atoms with Crippen LogP contribution in [-0.4, -0.2) is 29.3 Å². The van der Waals surface area contributed by atoms with Gasteiger partial charge in [0.25, 0.3) is 5.91 Å². The second-order valence-corrected chi connectivity index (χ2v) is 5.30. The first kappa shape index (κ1) is 15.7. The normalized spacial score (nSPS) is 10.8. The maximum Gasteiger partial charge on any atom is 0.335 e. The van der Waals surface area contributed by atoms with Gasteiger partial charge in [0, 0.05) is 18.3 Å². The van der Waals surface area contributed by atoms with E-state index in [-0.39, 0.29) is 0 Å². The van der Waals surface area contributed by atoms with E-state index < -0.39 is 11.6 Å². The van der Waals surface area contributed by atoms with Crippen molar-refractivity contribution < 1.29 is 14.3 Å². The van der Waals surface area contributed by atoms with E-state index in [1.165, 1.54) is 18.8 Å². The van der Waals surface area contributed by atoms with E-state index in [9.17, 15) is 9.59 Å². The Hall–Kier alpha value is -3.22. The molecule has 0 amide bonds. The Bertz CT molecular complexity index is 1000. The fourth-order valence-corrected chi connectivity index (χ4v) is 2.65. The van der Waals surface area contributed by atoms with Crippen LogP contribution < -0.4 is 20.9 Å². The largest absolute Gasteiger partial charge is 0.493 e. The minimum absolute atomic E-state index is 0.310. The molecule has 7 heteroatoms. The van der Waals surface area contributed by atoms with Gasteiger partial charge in [0.2, 0.25) is 0 Å². The molecule has 2 aromatic carbocycles. The second-order valence-electron chi connectivity index (χ2n) is 5.30. The van der Waals surface area contributed by atoms with Crippen LogP contribution in [0.2, 0.25) is 0 Å². The molecule has 0 unspecified atom stereocenters. The Labute approximate surface area is 137 Å². The number of methoxy groups -OCH3 is 2. The molecular formula is C17H17N3O4. The third-order valence-electron chi connectivity index (χ3n) is 3.91. The lowest BCUT2D eigenvalue weighted by Gasteiger charge is -2.09. The highest BCUT2D eigenvalue weighted by atomic mass is 16.5. The molecule has 1 aromatic heterocycles. The molecule has 3 rings (SSSR count). The summed E-state index contributed by atoms with van der Waals surface area (Å²) in [7, 11) is 4.60. The van der Waals surface area contributed by atoms with Gasteiger partial charge in [-0.25, -0.2) is 9.36 Å². The zero-order valence-electron chi connectivity index (χ0n) is 13.6. The van der Waals surface area contributed by atoms with Crippen molar-refractivity contribution in [1.82, 2.24) is 9.13 Å². The number of imidazole rings is 1. The van der Waals surface area contributed by atoms with Crippen molar-refractivity contribution in [1.29, 1.82) is 0 Å². The van der Waals surface area contributed by atoms with Crippen LogP contribution in [0.4, 0.5) is 5.69 Å². The fourth-order valence-electron chi connectivity index (χ4n) is 2.65. The van der Waals surface area contributed by atoms with Crippen LogP contribution in [-0.2, 0) is 7.05 Å². The van der Waals surface area contributed by atoms with Crippen LogP contribution in [0.3, 0.4) is 0 Å². The van der Waals surface area contributed by atoms with E-state index in [1.54, 1.807) is 43.4 Å². The maximum atomic E-state index is 12.9. The molecule has 0 atom stereocenters. The van der Waals surface area contributed by atoms with Crippen LogP contribution in [0.15, 0.2) is 41.2 Å². The van der Waals surface area contributed by atoms with Gasteiger partial charge in [-0.1, -0.05) is 0 Å². The molecule has 0 aliphatic heterocycles. The number of aromatic nitrogens is 2. The van der Waals surface area contributed by atoms with Crippen LogP contribution in [0.25, 0.3) is 11.0 Å². The second kappa shape index (κ2) is 5.77. The summed E-state index contributed by atoms with van der Waals surface area (Å²) in [4.78, 5) is 25.4. The predicted octanol–water partition coefficient (Wildman–Crippen LogP) is 1.63. The topological polar surface area (TPSA) is 88.5 Å². The van der Waals surface area contributed by atoms with Crippen LogP contribution >= 0.6 is 0 Å². The van der Waals surface area contributed by atoms with Gasteiger partial charge < -0.3 is 15.2 Å². The van der Waals surface area contributed by atoms with Crippen LogP contribution in [0.5, 0.6) is 11.5 Å². The summed E-state index contributed by atoms with van der Waals surface area (Å²) in [5, 5.41) is 0. The van der Waals surface area contributed by atoms with Crippen molar-refractivity contribution in [2.75, 3.05) is 20.0 Å². The molecule has 0 saturated heterocycles. The van der Waals surface area contributed by atoms with Gasteiger partial charge >= 0.3 is 5.69 Å². The summed E-state index contributed by atoms with van der Waals surface area (Å²) in [6, 6.07) is 9.75. The molecule has 0 bridgehead atoms. The third-order valence-corrected chi connectivity index (χ3v) is 3.91. The van der Waals surface area contributed by atoms with Crippen molar-refractivity contribution in [2.24, 2.45) is 7.05 Å². The molecule has 1 heterocycles. The summed E-state index contributed by atoms with van der Waals surface area (Å²) in [5.41, 5.74) is 7.24. The van der Waals surface area contributed by atoms with Crippen LogP contribution in [0, 0.1) is 0 Å². The fraction of sp³-hybridized carbons (Fsp3) is 0.176. The summed E-state index contributed by atoms with van der Waals surface area (Å²) < 4.78 is 12.9. The first-order valence-corrected chi connectivity index (χ1v) is 7.21. The molecular weight excluding hydrogens is 310 g/mol. The Morgan fingerprint density at radius 2 is 1.71 bits per heavy atom. The van der Waals surface area contributed by atoms with Crippen molar-refractivity contribution in [2.45, 2.75) is 0 Å². The summed E-state index contributed by atoms with van der Waals surface area (Å²) in [6.45, 7) is 0. The summed E-state index contributed by atoms with van der Waals surface area (Å²) in [6.07, 6.45) is 0. The number of benzene rings is 2. The summed E-state index contributed by atoms with van der Waals surface area (Å²) >= 11 is 0. The number of carbonyl (C=O) groups excluding carboxylic acids is 1. The first-order valence-electron chi connectivity index (χ1n) is 7.21. The molecule has 0 fully saturated rings. The molecule has 0 radical (unpaired) electrons. The van der Waals surface area contributed by atoms with E-state index in [0.717, 1.165) is 4.57 Å². The smallest absolute Gasteiger partial charge is 0.335 e. The highest BCUT2D eigenvalue weighted by Crippen LogP contribution is 2.28. The molecule has 7 nitrogen and oxygen atoms in total. The lowest BCUT2D eigenvalue weighted by molar-refractivity contribution is 0.0959. The number of carbonyl (C=O) groups is 1. The molecule has 0 aliphatic carbocycles.